The van der Waals surface area contributed by atoms with Gasteiger partial charge in [0.2, 0.25) is 11.8 Å². The van der Waals surface area contributed by atoms with Crippen molar-refractivity contribution in [3.63, 3.8) is 0 Å². The fraction of sp³-hybridized carbons (Fsp3) is 0.400. The number of aromatic nitrogens is 1. The summed E-state index contributed by atoms with van der Waals surface area (Å²) in [5, 5.41) is 12.3. The molecule has 1 aliphatic rings. The predicted octanol–water partition coefficient (Wildman–Crippen LogP) is 3.19. The number of anilines is 1. The van der Waals surface area contributed by atoms with Gasteiger partial charge in [-0.3, -0.25) is 9.59 Å². The molecule has 0 spiro atoms. The van der Waals surface area contributed by atoms with Crippen molar-refractivity contribution < 1.29 is 9.59 Å². The Morgan fingerprint density at radius 1 is 1.37 bits per heavy atom. The molecular weight excluding hydrogens is 360 g/mol. The third-order valence-corrected chi connectivity index (χ3v) is 5.61. The Morgan fingerprint density at radius 2 is 2.15 bits per heavy atom. The number of nitrogens with zero attached hydrogens (tertiary/aromatic N) is 3. The van der Waals surface area contributed by atoms with Crippen LogP contribution in [0.3, 0.4) is 0 Å². The van der Waals surface area contributed by atoms with Crippen LogP contribution in [0.15, 0.2) is 30.5 Å². The van der Waals surface area contributed by atoms with Gasteiger partial charge in [-0.25, -0.2) is 4.98 Å². The van der Waals surface area contributed by atoms with E-state index < -0.39 is 0 Å². The maximum Gasteiger partial charge on any atom is 0.231 e. The molecule has 1 aromatic carbocycles. The number of benzene rings is 1. The van der Waals surface area contributed by atoms with Crippen molar-refractivity contribution in [2.45, 2.75) is 32.6 Å². The minimum atomic E-state index is -0.180. The first-order valence-electron chi connectivity index (χ1n) is 9.11. The van der Waals surface area contributed by atoms with E-state index in [1.807, 2.05) is 19.1 Å². The quantitative estimate of drug-likeness (QED) is 0.860. The standard InChI is InChI=1S/C20H22N4O2S/c1-2-18(25)24-9-3-4-16(13-24)19(26)23-20-22-12-17(27-20)10-14-5-7-15(11-21)8-6-14/h5-8,12,16H,2-4,9-10,13H2,1H3,(H,22,23,26). The van der Waals surface area contributed by atoms with Crippen molar-refractivity contribution in [3.8, 4) is 6.07 Å². The minimum Gasteiger partial charge on any atom is -0.342 e. The molecule has 6 nitrogen and oxygen atoms in total. The van der Waals surface area contributed by atoms with Crippen LogP contribution < -0.4 is 5.32 Å². The molecule has 0 radical (unpaired) electrons. The summed E-state index contributed by atoms with van der Waals surface area (Å²) in [6, 6.07) is 9.56. The van der Waals surface area contributed by atoms with Crippen LogP contribution in [-0.4, -0.2) is 34.8 Å². The van der Waals surface area contributed by atoms with Crippen LogP contribution in [0.5, 0.6) is 0 Å². The van der Waals surface area contributed by atoms with E-state index in [-0.39, 0.29) is 17.7 Å². The molecule has 1 saturated heterocycles. The van der Waals surface area contributed by atoms with Crippen molar-refractivity contribution in [3.05, 3.63) is 46.5 Å². The Labute approximate surface area is 162 Å². The van der Waals surface area contributed by atoms with Crippen LogP contribution in [-0.2, 0) is 16.0 Å². The lowest BCUT2D eigenvalue weighted by Crippen LogP contribution is -2.43. The van der Waals surface area contributed by atoms with Gasteiger partial charge >= 0.3 is 0 Å². The highest BCUT2D eigenvalue weighted by Gasteiger charge is 2.28. The number of hydrogen-bond acceptors (Lipinski definition) is 5. The van der Waals surface area contributed by atoms with Crippen LogP contribution in [0.1, 0.15) is 42.2 Å². The molecule has 0 bridgehead atoms. The van der Waals surface area contributed by atoms with E-state index in [1.54, 1.807) is 23.2 Å². The minimum absolute atomic E-state index is 0.0668. The van der Waals surface area contributed by atoms with Gasteiger partial charge in [-0.15, -0.1) is 11.3 Å². The third-order valence-electron chi connectivity index (χ3n) is 4.69. The van der Waals surface area contributed by atoms with Crippen LogP contribution >= 0.6 is 11.3 Å². The average molecular weight is 382 g/mol. The topological polar surface area (TPSA) is 86.1 Å². The van der Waals surface area contributed by atoms with Crippen LogP contribution in [0, 0.1) is 17.2 Å². The second-order valence-corrected chi connectivity index (χ2v) is 7.75. The molecule has 1 unspecified atom stereocenters. The fourth-order valence-corrected chi connectivity index (χ4v) is 4.04. The lowest BCUT2D eigenvalue weighted by molar-refractivity contribution is -0.134. The van der Waals surface area contributed by atoms with E-state index in [0.717, 1.165) is 29.8 Å². The zero-order valence-corrected chi connectivity index (χ0v) is 16.1. The monoisotopic (exact) mass is 382 g/mol. The number of carbonyl (C=O) groups excluding carboxylic acids is 2. The number of piperidine rings is 1. The Kier molecular flexibility index (Phi) is 6.20. The summed E-state index contributed by atoms with van der Waals surface area (Å²) < 4.78 is 0. The summed E-state index contributed by atoms with van der Waals surface area (Å²) in [7, 11) is 0. The first kappa shape index (κ1) is 19.1. The van der Waals surface area contributed by atoms with Gasteiger partial charge in [0, 0.05) is 37.0 Å². The van der Waals surface area contributed by atoms with Gasteiger partial charge in [-0.2, -0.15) is 5.26 Å². The molecule has 1 aromatic heterocycles. The zero-order chi connectivity index (χ0) is 19.2. The molecule has 1 atom stereocenters. The third kappa shape index (κ3) is 4.92. The largest absolute Gasteiger partial charge is 0.342 e. The lowest BCUT2D eigenvalue weighted by Gasteiger charge is -2.31. The summed E-state index contributed by atoms with van der Waals surface area (Å²) in [6.45, 7) is 3.07. The Hall–Kier alpha value is -2.72. The number of likely N-dealkylation sites (tertiary alicyclic amines) is 1. The summed E-state index contributed by atoms with van der Waals surface area (Å²) >= 11 is 1.45. The first-order chi connectivity index (χ1) is 13.1. The van der Waals surface area contributed by atoms with E-state index in [9.17, 15) is 9.59 Å². The van der Waals surface area contributed by atoms with Gasteiger partial charge < -0.3 is 10.2 Å². The van der Waals surface area contributed by atoms with Gasteiger partial charge in [-0.05, 0) is 30.5 Å². The number of carbonyl (C=O) groups is 2. The van der Waals surface area contributed by atoms with Gasteiger partial charge in [0.15, 0.2) is 5.13 Å². The Bertz CT molecular complexity index is 854. The van der Waals surface area contributed by atoms with Crippen molar-refractivity contribution >= 4 is 28.3 Å². The molecule has 0 saturated carbocycles. The van der Waals surface area contributed by atoms with E-state index in [0.29, 0.717) is 30.1 Å². The highest BCUT2D eigenvalue weighted by molar-refractivity contribution is 7.15. The number of nitriles is 1. The maximum absolute atomic E-state index is 12.5. The van der Waals surface area contributed by atoms with E-state index in [4.69, 9.17) is 5.26 Å². The number of hydrogen-bond donors (Lipinski definition) is 1. The highest BCUT2D eigenvalue weighted by atomic mass is 32.1. The highest BCUT2D eigenvalue weighted by Crippen LogP contribution is 2.24. The van der Waals surface area contributed by atoms with Crippen molar-refractivity contribution in [1.29, 1.82) is 5.26 Å². The number of thiazole rings is 1. The second kappa shape index (κ2) is 8.78. The van der Waals surface area contributed by atoms with Crippen LogP contribution in [0.4, 0.5) is 5.13 Å². The summed E-state index contributed by atoms with van der Waals surface area (Å²) in [5.74, 6) is -0.144. The maximum atomic E-state index is 12.5. The second-order valence-electron chi connectivity index (χ2n) is 6.64. The fourth-order valence-electron chi connectivity index (χ4n) is 3.19. The first-order valence-corrected chi connectivity index (χ1v) is 9.93. The van der Waals surface area contributed by atoms with Crippen molar-refractivity contribution in [2.75, 3.05) is 18.4 Å². The molecule has 1 N–H and O–H groups in total. The molecule has 140 valence electrons. The van der Waals surface area contributed by atoms with Crippen LogP contribution in [0.2, 0.25) is 0 Å². The molecule has 3 rings (SSSR count). The van der Waals surface area contributed by atoms with Crippen molar-refractivity contribution in [1.82, 2.24) is 9.88 Å². The summed E-state index contributed by atoms with van der Waals surface area (Å²) in [6.07, 6.45) is 4.60. The Morgan fingerprint density at radius 3 is 2.85 bits per heavy atom. The molecular formula is C20H22N4O2S. The molecule has 27 heavy (non-hydrogen) atoms. The smallest absolute Gasteiger partial charge is 0.231 e. The van der Waals surface area contributed by atoms with Gasteiger partial charge in [0.05, 0.1) is 17.6 Å². The number of nitrogens with one attached hydrogen (secondary N) is 1. The van der Waals surface area contributed by atoms with Gasteiger partial charge in [-0.1, -0.05) is 19.1 Å². The van der Waals surface area contributed by atoms with E-state index >= 15 is 0 Å². The number of rotatable bonds is 5. The van der Waals surface area contributed by atoms with Gasteiger partial charge in [0.1, 0.15) is 0 Å². The molecule has 7 heteroatoms. The van der Waals surface area contributed by atoms with Gasteiger partial charge in [0.25, 0.3) is 0 Å². The molecule has 1 aliphatic heterocycles. The predicted molar refractivity (Wildman–Crippen MR) is 104 cm³/mol. The molecule has 0 aliphatic carbocycles. The average Bonchev–Trinajstić information content (AvgIpc) is 3.14. The summed E-state index contributed by atoms with van der Waals surface area (Å²) in [4.78, 5) is 31.6. The van der Waals surface area contributed by atoms with Crippen molar-refractivity contribution in [2.24, 2.45) is 5.92 Å². The molecule has 2 amide bonds. The zero-order valence-electron chi connectivity index (χ0n) is 15.3. The molecule has 2 aromatic rings. The Balaban J connectivity index is 1.57. The van der Waals surface area contributed by atoms with Crippen LogP contribution in [0.25, 0.3) is 0 Å². The summed E-state index contributed by atoms with van der Waals surface area (Å²) in [5.41, 5.74) is 1.73. The normalized spacial score (nSPS) is 16.6. The van der Waals surface area contributed by atoms with E-state index in [1.165, 1.54) is 11.3 Å². The SMILES string of the molecule is CCC(=O)N1CCCC(C(=O)Nc2ncc(Cc3ccc(C#N)cc3)s2)C1. The molecule has 1 fully saturated rings. The lowest BCUT2D eigenvalue weighted by atomic mass is 9.97. The van der Waals surface area contributed by atoms with E-state index in [2.05, 4.69) is 16.4 Å². The molecule has 2 heterocycles. The number of amides is 2.